The number of aromatic nitrogens is 2. The second kappa shape index (κ2) is 6.96. The smallest absolute Gasteiger partial charge is 0.320 e. The molecule has 9 heteroatoms. The number of aliphatic carboxylic acids is 1. The molecule has 0 aliphatic heterocycles. The Bertz CT molecular complexity index is 696. The monoisotopic (exact) mass is 320 g/mol. The number of nitro benzene ring substituents is 1. The number of benzene rings is 1. The third-order valence-electron chi connectivity index (χ3n) is 2.74. The van der Waals surface area contributed by atoms with Gasteiger partial charge in [0.15, 0.2) is 5.16 Å². The van der Waals surface area contributed by atoms with E-state index in [1.165, 1.54) is 6.07 Å². The fourth-order valence-corrected chi connectivity index (χ4v) is 2.49. The summed E-state index contributed by atoms with van der Waals surface area (Å²) in [5, 5.41) is 20.4. The number of carbonyl (C=O) groups is 1. The molecule has 0 saturated carbocycles. The molecular weight excluding hydrogens is 308 g/mol. The third kappa shape index (κ3) is 3.99. The van der Waals surface area contributed by atoms with Gasteiger partial charge in [-0.05, 0) is 35.9 Å². The molecule has 8 nitrogen and oxygen atoms in total. The Morgan fingerprint density at radius 3 is 2.68 bits per heavy atom. The van der Waals surface area contributed by atoms with Crippen LogP contribution in [0, 0.1) is 10.1 Å². The van der Waals surface area contributed by atoms with Crippen molar-refractivity contribution in [2.75, 3.05) is 0 Å². The zero-order chi connectivity index (χ0) is 16.1. The second-order valence-electron chi connectivity index (χ2n) is 4.34. The summed E-state index contributed by atoms with van der Waals surface area (Å²) in [6.07, 6.45) is 3.10. The van der Waals surface area contributed by atoms with Gasteiger partial charge in [-0.3, -0.25) is 14.9 Å². The third-order valence-corrected chi connectivity index (χ3v) is 3.69. The molecule has 22 heavy (non-hydrogen) atoms. The zero-order valence-electron chi connectivity index (χ0n) is 11.2. The first-order valence-corrected chi connectivity index (χ1v) is 6.99. The predicted molar refractivity (Wildman–Crippen MR) is 78.6 cm³/mol. The maximum absolute atomic E-state index is 11.2. The molecule has 1 aromatic heterocycles. The first-order valence-electron chi connectivity index (χ1n) is 6.18. The zero-order valence-corrected chi connectivity index (χ0v) is 12.1. The Kier molecular flexibility index (Phi) is 5.02. The lowest BCUT2D eigenvalue weighted by Gasteiger charge is -2.08. The molecule has 2 aromatic rings. The number of rotatable bonds is 6. The van der Waals surface area contributed by atoms with Crippen LogP contribution < -0.4 is 5.73 Å². The molecule has 114 valence electrons. The van der Waals surface area contributed by atoms with Crippen LogP contribution in [0.25, 0.3) is 0 Å². The van der Waals surface area contributed by atoms with E-state index >= 15 is 0 Å². The first kappa shape index (κ1) is 15.9. The van der Waals surface area contributed by atoms with Crippen molar-refractivity contribution in [2.45, 2.75) is 22.5 Å². The summed E-state index contributed by atoms with van der Waals surface area (Å²) in [7, 11) is 0. The molecular formula is C13H12N4O4S. The molecule has 3 N–H and O–H groups in total. The normalized spacial score (nSPS) is 11.9. The maximum Gasteiger partial charge on any atom is 0.320 e. The minimum Gasteiger partial charge on any atom is -0.480 e. The van der Waals surface area contributed by atoms with Crippen LogP contribution in [0.1, 0.15) is 5.56 Å². The molecule has 0 bridgehead atoms. The van der Waals surface area contributed by atoms with Gasteiger partial charge in [-0.1, -0.05) is 6.07 Å². The van der Waals surface area contributed by atoms with Gasteiger partial charge in [0.1, 0.15) is 6.04 Å². The van der Waals surface area contributed by atoms with Crippen LogP contribution >= 0.6 is 11.8 Å². The van der Waals surface area contributed by atoms with Crippen LogP contribution in [0.15, 0.2) is 46.7 Å². The van der Waals surface area contributed by atoms with Crippen molar-refractivity contribution in [1.29, 1.82) is 0 Å². The number of nitrogens with zero attached hydrogens (tertiary/aromatic N) is 3. The van der Waals surface area contributed by atoms with Gasteiger partial charge in [0.05, 0.1) is 9.82 Å². The van der Waals surface area contributed by atoms with Crippen molar-refractivity contribution in [1.82, 2.24) is 9.97 Å². The lowest BCUT2D eigenvalue weighted by atomic mass is 10.1. The van der Waals surface area contributed by atoms with E-state index in [9.17, 15) is 14.9 Å². The SMILES string of the molecule is NC(Cc1ccc(Sc2ncccn2)c([N+](=O)[O-])c1)C(=O)O. The highest BCUT2D eigenvalue weighted by molar-refractivity contribution is 7.99. The molecule has 0 fully saturated rings. The van der Waals surface area contributed by atoms with Crippen molar-refractivity contribution in [2.24, 2.45) is 5.73 Å². The van der Waals surface area contributed by atoms with Crippen molar-refractivity contribution < 1.29 is 14.8 Å². The Balaban J connectivity index is 2.28. The fourth-order valence-electron chi connectivity index (χ4n) is 1.70. The molecule has 2 rings (SSSR count). The highest BCUT2D eigenvalue weighted by Gasteiger charge is 2.19. The lowest BCUT2D eigenvalue weighted by Crippen LogP contribution is -2.32. The van der Waals surface area contributed by atoms with Crippen LogP contribution in [0.2, 0.25) is 0 Å². The molecule has 0 amide bonds. The minimum atomic E-state index is -1.15. The molecule has 1 heterocycles. The topological polar surface area (TPSA) is 132 Å². The average molecular weight is 320 g/mol. The second-order valence-corrected chi connectivity index (χ2v) is 5.35. The largest absolute Gasteiger partial charge is 0.480 e. The Morgan fingerprint density at radius 2 is 2.09 bits per heavy atom. The van der Waals surface area contributed by atoms with Crippen LogP contribution in [-0.4, -0.2) is 32.0 Å². The summed E-state index contributed by atoms with van der Waals surface area (Å²) in [5.74, 6) is -1.15. The summed E-state index contributed by atoms with van der Waals surface area (Å²) in [5.41, 5.74) is 5.80. The van der Waals surface area contributed by atoms with Crippen molar-refractivity contribution in [3.8, 4) is 0 Å². The lowest BCUT2D eigenvalue weighted by molar-refractivity contribution is -0.387. The number of hydrogen-bond acceptors (Lipinski definition) is 7. The Morgan fingerprint density at radius 1 is 1.41 bits per heavy atom. The summed E-state index contributed by atoms with van der Waals surface area (Å²) in [6, 6.07) is 5.03. The summed E-state index contributed by atoms with van der Waals surface area (Å²) >= 11 is 1.06. The fraction of sp³-hybridized carbons (Fsp3) is 0.154. The maximum atomic E-state index is 11.2. The Labute approximate surface area is 129 Å². The van der Waals surface area contributed by atoms with E-state index in [4.69, 9.17) is 10.8 Å². The molecule has 1 unspecified atom stereocenters. The van der Waals surface area contributed by atoms with E-state index in [2.05, 4.69) is 9.97 Å². The Hall–Kier alpha value is -2.52. The number of carboxylic acids is 1. The number of hydrogen-bond donors (Lipinski definition) is 2. The highest BCUT2D eigenvalue weighted by Crippen LogP contribution is 2.33. The molecule has 0 aliphatic carbocycles. The first-order chi connectivity index (χ1) is 10.5. The van der Waals surface area contributed by atoms with E-state index in [-0.39, 0.29) is 12.1 Å². The minimum absolute atomic E-state index is 0.0168. The average Bonchev–Trinajstić information content (AvgIpc) is 2.49. The standard InChI is InChI=1S/C13H12N4O4S/c14-9(12(18)19)6-8-2-3-11(10(7-8)17(20)21)22-13-15-4-1-5-16-13/h1-5,7,9H,6,14H2,(H,18,19). The molecule has 0 radical (unpaired) electrons. The van der Waals surface area contributed by atoms with E-state index in [1.807, 2.05) is 0 Å². The number of carboxylic acid groups (broad SMARTS) is 1. The summed E-state index contributed by atoms with van der Waals surface area (Å²) in [6.45, 7) is 0. The van der Waals surface area contributed by atoms with Crippen LogP contribution in [-0.2, 0) is 11.2 Å². The predicted octanol–water partition coefficient (Wildman–Crippen LogP) is 1.49. The van der Waals surface area contributed by atoms with E-state index in [0.717, 1.165) is 11.8 Å². The number of nitro groups is 1. The molecule has 0 saturated heterocycles. The quantitative estimate of drug-likeness (QED) is 0.464. The van der Waals surface area contributed by atoms with Gasteiger partial charge in [0.25, 0.3) is 5.69 Å². The van der Waals surface area contributed by atoms with Crippen LogP contribution in [0.3, 0.4) is 0 Å². The van der Waals surface area contributed by atoms with Gasteiger partial charge in [-0.15, -0.1) is 0 Å². The van der Waals surface area contributed by atoms with Crippen LogP contribution in [0.4, 0.5) is 5.69 Å². The van der Waals surface area contributed by atoms with E-state index < -0.39 is 16.9 Å². The van der Waals surface area contributed by atoms with Gasteiger partial charge < -0.3 is 10.8 Å². The van der Waals surface area contributed by atoms with Crippen molar-refractivity contribution >= 4 is 23.4 Å². The molecule has 1 aromatic carbocycles. The molecule has 0 aliphatic rings. The van der Waals surface area contributed by atoms with Gasteiger partial charge >= 0.3 is 5.97 Å². The van der Waals surface area contributed by atoms with Gasteiger partial charge in [-0.25, -0.2) is 9.97 Å². The van der Waals surface area contributed by atoms with Crippen molar-refractivity contribution in [3.05, 3.63) is 52.3 Å². The van der Waals surface area contributed by atoms with E-state index in [0.29, 0.717) is 15.6 Å². The van der Waals surface area contributed by atoms with Gasteiger partial charge in [0.2, 0.25) is 0 Å². The highest BCUT2D eigenvalue weighted by atomic mass is 32.2. The molecule has 0 spiro atoms. The van der Waals surface area contributed by atoms with E-state index in [1.54, 1.807) is 30.6 Å². The summed E-state index contributed by atoms with van der Waals surface area (Å²) < 4.78 is 0. The van der Waals surface area contributed by atoms with Crippen molar-refractivity contribution in [3.63, 3.8) is 0 Å². The number of nitrogens with two attached hydrogens (primary N) is 1. The van der Waals surface area contributed by atoms with Gasteiger partial charge in [-0.2, -0.15) is 0 Å². The van der Waals surface area contributed by atoms with Gasteiger partial charge in [0, 0.05) is 18.5 Å². The summed E-state index contributed by atoms with van der Waals surface area (Å²) in [4.78, 5) is 29.8. The molecule has 1 atom stereocenters. The van der Waals surface area contributed by atoms with Crippen LogP contribution in [0.5, 0.6) is 0 Å².